The minimum absolute atomic E-state index is 0.329. The van der Waals surface area contributed by atoms with Crippen molar-refractivity contribution in [2.75, 3.05) is 13.1 Å². The molecule has 1 aliphatic rings. The zero-order chi connectivity index (χ0) is 14.5. The Hall–Kier alpha value is -1.32. The molecule has 114 valence electrons. The van der Waals surface area contributed by atoms with Gasteiger partial charge in [-0.25, -0.2) is 0 Å². The van der Waals surface area contributed by atoms with Crippen molar-refractivity contribution in [3.8, 4) is 0 Å². The fourth-order valence-electron chi connectivity index (χ4n) is 3.44. The van der Waals surface area contributed by atoms with Crippen molar-refractivity contribution in [3.05, 3.63) is 36.5 Å². The lowest BCUT2D eigenvalue weighted by molar-refractivity contribution is 0.150. The monoisotopic (exact) mass is 286 g/mol. The van der Waals surface area contributed by atoms with Gasteiger partial charge in [0.2, 0.25) is 0 Å². The van der Waals surface area contributed by atoms with Gasteiger partial charge in [-0.3, -0.25) is 0 Å². The van der Waals surface area contributed by atoms with E-state index in [0.717, 1.165) is 12.5 Å². The maximum absolute atomic E-state index is 10.2. The number of fused-ring (bicyclic) bond motifs is 1. The smallest absolute Gasteiger partial charge is 0.0843 e. The second kappa shape index (κ2) is 7.10. The number of aromatic nitrogens is 1. The first-order valence-corrected chi connectivity index (χ1v) is 8.25. The minimum atomic E-state index is -0.329. The van der Waals surface area contributed by atoms with Crippen molar-refractivity contribution >= 4 is 10.9 Å². The van der Waals surface area contributed by atoms with Gasteiger partial charge in [0.1, 0.15) is 0 Å². The summed E-state index contributed by atoms with van der Waals surface area (Å²) in [5.41, 5.74) is 1.20. The molecule has 1 unspecified atom stereocenters. The van der Waals surface area contributed by atoms with Crippen LogP contribution < -0.4 is 5.32 Å². The molecule has 1 aliphatic carbocycles. The third-order valence-corrected chi connectivity index (χ3v) is 4.63. The van der Waals surface area contributed by atoms with Gasteiger partial charge in [0.25, 0.3) is 0 Å². The lowest BCUT2D eigenvalue weighted by Gasteiger charge is -2.22. The highest BCUT2D eigenvalue weighted by Crippen LogP contribution is 2.22. The normalized spacial score (nSPS) is 18.1. The van der Waals surface area contributed by atoms with Crippen molar-refractivity contribution in [1.82, 2.24) is 9.88 Å². The largest absolute Gasteiger partial charge is 0.390 e. The Morgan fingerprint density at radius 1 is 1.14 bits per heavy atom. The van der Waals surface area contributed by atoms with Crippen LogP contribution in [0.15, 0.2) is 36.5 Å². The summed E-state index contributed by atoms with van der Waals surface area (Å²) in [6.45, 7) is 2.40. The summed E-state index contributed by atoms with van der Waals surface area (Å²) in [5, 5.41) is 14.9. The van der Waals surface area contributed by atoms with Crippen LogP contribution in [0.1, 0.15) is 32.1 Å². The van der Waals surface area contributed by atoms with Crippen LogP contribution in [0, 0.1) is 5.92 Å². The summed E-state index contributed by atoms with van der Waals surface area (Å²) in [7, 11) is 0. The van der Waals surface area contributed by atoms with E-state index in [0.29, 0.717) is 13.1 Å². The van der Waals surface area contributed by atoms with Crippen LogP contribution in [0.2, 0.25) is 0 Å². The summed E-state index contributed by atoms with van der Waals surface area (Å²) < 4.78 is 2.14. The second-order valence-electron chi connectivity index (χ2n) is 6.34. The Kier molecular flexibility index (Phi) is 4.94. The van der Waals surface area contributed by atoms with Gasteiger partial charge < -0.3 is 15.0 Å². The molecule has 1 aromatic heterocycles. The fourth-order valence-corrected chi connectivity index (χ4v) is 3.44. The molecule has 3 rings (SSSR count). The second-order valence-corrected chi connectivity index (χ2v) is 6.34. The zero-order valence-corrected chi connectivity index (χ0v) is 12.7. The van der Waals surface area contributed by atoms with E-state index in [9.17, 15) is 5.11 Å². The number of aliphatic hydroxyl groups excluding tert-OH is 1. The lowest BCUT2D eigenvalue weighted by Crippen LogP contribution is -2.33. The molecule has 2 aromatic rings. The molecule has 1 aromatic carbocycles. The van der Waals surface area contributed by atoms with E-state index in [-0.39, 0.29) is 6.10 Å². The van der Waals surface area contributed by atoms with Crippen LogP contribution in [0.5, 0.6) is 0 Å². The van der Waals surface area contributed by atoms with Crippen LogP contribution in [-0.4, -0.2) is 28.9 Å². The van der Waals surface area contributed by atoms with E-state index in [2.05, 4.69) is 40.3 Å². The Morgan fingerprint density at radius 3 is 2.81 bits per heavy atom. The Bertz CT molecular complexity index is 557. The molecule has 0 bridgehead atoms. The van der Waals surface area contributed by atoms with E-state index in [1.807, 2.05) is 6.07 Å². The van der Waals surface area contributed by atoms with Crippen molar-refractivity contribution in [3.63, 3.8) is 0 Å². The minimum Gasteiger partial charge on any atom is -0.390 e. The van der Waals surface area contributed by atoms with E-state index in [4.69, 9.17) is 0 Å². The Labute approximate surface area is 127 Å². The van der Waals surface area contributed by atoms with E-state index >= 15 is 0 Å². The molecule has 0 saturated heterocycles. The van der Waals surface area contributed by atoms with E-state index in [1.165, 1.54) is 43.0 Å². The highest BCUT2D eigenvalue weighted by molar-refractivity contribution is 5.79. The number of nitrogens with zero attached hydrogens (tertiary/aromatic N) is 1. The predicted octanol–water partition coefficient (Wildman–Crippen LogP) is 3.17. The number of benzene rings is 1. The molecule has 1 atom stereocenters. The van der Waals surface area contributed by atoms with Crippen LogP contribution in [0.25, 0.3) is 10.9 Å². The van der Waals surface area contributed by atoms with Gasteiger partial charge >= 0.3 is 0 Å². The number of para-hydroxylation sites is 1. The van der Waals surface area contributed by atoms with Crippen LogP contribution in [0.3, 0.4) is 0 Å². The van der Waals surface area contributed by atoms with E-state index < -0.39 is 0 Å². The van der Waals surface area contributed by atoms with Gasteiger partial charge in [-0.2, -0.15) is 0 Å². The number of nitrogens with one attached hydrogen (secondary N) is 1. The topological polar surface area (TPSA) is 37.2 Å². The number of hydrogen-bond acceptors (Lipinski definition) is 2. The average Bonchev–Trinajstić information content (AvgIpc) is 2.92. The quantitative estimate of drug-likeness (QED) is 0.856. The van der Waals surface area contributed by atoms with Crippen LogP contribution >= 0.6 is 0 Å². The van der Waals surface area contributed by atoms with Gasteiger partial charge in [0.05, 0.1) is 6.10 Å². The molecule has 1 heterocycles. The Morgan fingerprint density at radius 2 is 1.95 bits per heavy atom. The van der Waals surface area contributed by atoms with Gasteiger partial charge in [0.15, 0.2) is 0 Å². The molecular weight excluding hydrogens is 260 g/mol. The SMILES string of the molecule is OC(CNCC1CCCCC1)Cn1ccc2ccccc21. The molecule has 1 saturated carbocycles. The molecule has 3 nitrogen and oxygen atoms in total. The van der Waals surface area contributed by atoms with Gasteiger partial charge in [0, 0.05) is 24.8 Å². The number of hydrogen-bond donors (Lipinski definition) is 2. The summed E-state index contributed by atoms with van der Waals surface area (Å²) in [4.78, 5) is 0. The van der Waals surface area contributed by atoms with E-state index in [1.54, 1.807) is 0 Å². The summed E-state index contributed by atoms with van der Waals surface area (Å²) >= 11 is 0. The average molecular weight is 286 g/mol. The number of rotatable bonds is 6. The summed E-state index contributed by atoms with van der Waals surface area (Å²) in [5.74, 6) is 0.818. The standard InChI is InChI=1S/C18H26N2O/c21-17(13-19-12-15-6-2-1-3-7-15)14-20-11-10-16-8-4-5-9-18(16)20/h4-5,8-11,15,17,19,21H,1-3,6-7,12-14H2. The van der Waals surface area contributed by atoms with Gasteiger partial charge in [-0.05, 0) is 42.8 Å². The van der Waals surface area contributed by atoms with Crippen molar-refractivity contribution in [1.29, 1.82) is 0 Å². The van der Waals surface area contributed by atoms with Crippen LogP contribution in [0.4, 0.5) is 0 Å². The molecule has 0 amide bonds. The summed E-state index contributed by atoms with van der Waals surface area (Å²) in [6, 6.07) is 10.4. The Balaban J connectivity index is 1.46. The molecule has 0 spiro atoms. The number of aliphatic hydroxyl groups is 1. The maximum Gasteiger partial charge on any atom is 0.0843 e. The molecular formula is C18H26N2O. The van der Waals surface area contributed by atoms with Crippen molar-refractivity contribution in [2.45, 2.75) is 44.8 Å². The first-order chi connectivity index (χ1) is 10.3. The van der Waals surface area contributed by atoms with Crippen LogP contribution in [-0.2, 0) is 6.54 Å². The molecule has 21 heavy (non-hydrogen) atoms. The highest BCUT2D eigenvalue weighted by atomic mass is 16.3. The fraction of sp³-hybridized carbons (Fsp3) is 0.556. The first-order valence-electron chi connectivity index (χ1n) is 8.25. The first kappa shape index (κ1) is 14.6. The lowest BCUT2D eigenvalue weighted by atomic mass is 9.89. The molecule has 2 N–H and O–H groups in total. The molecule has 0 radical (unpaired) electrons. The molecule has 1 fully saturated rings. The third-order valence-electron chi connectivity index (χ3n) is 4.63. The molecule has 3 heteroatoms. The van der Waals surface area contributed by atoms with Gasteiger partial charge in [-0.15, -0.1) is 0 Å². The van der Waals surface area contributed by atoms with Crippen molar-refractivity contribution < 1.29 is 5.11 Å². The zero-order valence-electron chi connectivity index (χ0n) is 12.7. The maximum atomic E-state index is 10.2. The highest BCUT2D eigenvalue weighted by Gasteiger charge is 2.13. The third kappa shape index (κ3) is 3.86. The molecule has 0 aliphatic heterocycles. The van der Waals surface area contributed by atoms with Crippen molar-refractivity contribution in [2.24, 2.45) is 5.92 Å². The summed E-state index contributed by atoms with van der Waals surface area (Å²) in [6.07, 6.45) is 8.60. The van der Waals surface area contributed by atoms with Gasteiger partial charge in [-0.1, -0.05) is 37.5 Å². The predicted molar refractivity (Wildman–Crippen MR) is 87.4 cm³/mol.